The van der Waals surface area contributed by atoms with Crippen LogP contribution in [0.3, 0.4) is 0 Å². The molecule has 1 aromatic carbocycles. The summed E-state index contributed by atoms with van der Waals surface area (Å²) < 4.78 is 6.03. The first kappa shape index (κ1) is 53.0. The van der Waals surface area contributed by atoms with Crippen LogP contribution in [-0.2, 0) is 39.9 Å². The third-order valence-electron chi connectivity index (χ3n) is 9.91. The molecule has 1 saturated heterocycles. The molecule has 0 aliphatic carbocycles. The van der Waals surface area contributed by atoms with Crippen LogP contribution in [0.2, 0.25) is 0 Å². The van der Waals surface area contributed by atoms with Crippen molar-refractivity contribution < 1.29 is 43.7 Å². The fourth-order valence-corrected chi connectivity index (χ4v) is 6.44. The van der Waals surface area contributed by atoms with Gasteiger partial charge in [0.25, 0.3) is 5.91 Å². The SMILES string of the molecule is C=CCNC(=O)/C=C/C=C(\C)[C@H](C/C=C/C=C/[C@H](O)C(C)C(O)C(C=O)CCC)OC(=O)C1CCCN(C(=O)C(Cc2ccccc2)NC(=O)C(NC)C(C)C)N1.CC=O. The van der Waals surface area contributed by atoms with Crippen LogP contribution < -0.4 is 21.4 Å². The minimum absolute atomic E-state index is 0.0158. The quantitative estimate of drug-likeness (QED) is 0.0290. The van der Waals surface area contributed by atoms with Gasteiger partial charge in [-0.2, -0.15) is 0 Å². The highest BCUT2D eigenvalue weighted by atomic mass is 16.5. The van der Waals surface area contributed by atoms with Gasteiger partial charge >= 0.3 is 5.97 Å². The molecule has 14 nitrogen and oxygen atoms in total. The van der Waals surface area contributed by atoms with Gasteiger partial charge in [0, 0.05) is 43.8 Å². The number of hydrazine groups is 1. The summed E-state index contributed by atoms with van der Waals surface area (Å²) in [6.45, 7) is 14.9. The van der Waals surface area contributed by atoms with E-state index in [9.17, 15) is 34.2 Å². The maximum atomic E-state index is 14.0. The van der Waals surface area contributed by atoms with Crippen molar-refractivity contribution in [3.8, 4) is 0 Å². The van der Waals surface area contributed by atoms with Gasteiger partial charge in [-0.15, -0.1) is 6.58 Å². The van der Waals surface area contributed by atoms with Crippen LogP contribution in [0.1, 0.15) is 79.2 Å². The van der Waals surface area contributed by atoms with Crippen LogP contribution in [0.25, 0.3) is 0 Å². The third-order valence-corrected chi connectivity index (χ3v) is 9.91. The van der Waals surface area contributed by atoms with Crippen molar-refractivity contribution in [3.63, 3.8) is 0 Å². The lowest BCUT2D eigenvalue weighted by Crippen LogP contribution is -2.61. The number of esters is 1. The number of aliphatic hydroxyl groups is 2. The van der Waals surface area contributed by atoms with Crippen LogP contribution in [0.5, 0.6) is 0 Å². The van der Waals surface area contributed by atoms with Gasteiger partial charge in [0.2, 0.25) is 11.8 Å². The lowest BCUT2D eigenvalue weighted by molar-refractivity contribution is -0.156. The number of aldehydes is 2. The lowest BCUT2D eigenvalue weighted by Gasteiger charge is -2.36. The van der Waals surface area contributed by atoms with Crippen LogP contribution in [0.15, 0.2) is 91.1 Å². The molecule has 332 valence electrons. The Morgan fingerprint density at radius 3 is 2.35 bits per heavy atom. The number of allylic oxidation sites excluding steroid dienone is 4. The summed E-state index contributed by atoms with van der Waals surface area (Å²) in [7, 11) is 1.70. The van der Waals surface area contributed by atoms with Crippen molar-refractivity contribution in [2.45, 2.75) is 117 Å². The fraction of sp³-hybridized carbons (Fsp3) is 0.522. The molecular formula is C46H69N5O9. The zero-order chi connectivity index (χ0) is 45.0. The number of benzene rings is 1. The highest BCUT2D eigenvalue weighted by Crippen LogP contribution is 2.21. The molecule has 14 heteroatoms. The first-order valence-electron chi connectivity index (χ1n) is 20.8. The number of nitrogens with zero attached hydrogens (tertiary/aromatic N) is 1. The summed E-state index contributed by atoms with van der Waals surface area (Å²) in [5.74, 6) is -2.70. The number of hydrogen-bond acceptors (Lipinski definition) is 11. The molecule has 1 aliphatic heterocycles. The van der Waals surface area contributed by atoms with Gasteiger partial charge in [0.15, 0.2) is 0 Å². The minimum Gasteiger partial charge on any atom is -0.456 e. The Morgan fingerprint density at radius 1 is 1.07 bits per heavy atom. The molecule has 1 fully saturated rings. The fourth-order valence-electron chi connectivity index (χ4n) is 6.44. The maximum Gasteiger partial charge on any atom is 0.325 e. The average Bonchev–Trinajstić information content (AvgIpc) is 3.23. The van der Waals surface area contributed by atoms with Crippen molar-refractivity contribution in [3.05, 3.63) is 96.7 Å². The molecule has 8 atom stereocenters. The summed E-state index contributed by atoms with van der Waals surface area (Å²) in [5.41, 5.74) is 4.58. The van der Waals surface area contributed by atoms with E-state index in [4.69, 9.17) is 9.53 Å². The molecule has 0 spiro atoms. The number of rotatable bonds is 24. The lowest BCUT2D eigenvalue weighted by atomic mass is 9.86. The van der Waals surface area contributed by atoms with E-state index < -0.39 is 54.2 Å². The predicted octanol–water partition coefficient (Wildman–Crippen LogP) is 3.85. The molecule has 1 aliphatic rings. The van der Waals surface area contributed by atoms with Crippen molar-refractivity contribution in [2.24, 2.45) is 17.8 Å². The molecule has 0 aromatic heterocycles. The summed E-state index contributed by atoms with van der Waals surface area (Å²) in [6.07, 6.45) is 14.2. The largest absolute Gasteiger partial charge is 0.456 e. The van der Waals surface area contributed by atoms with Gasteiger partial charge in [0.05, 0.1) is 18.2 Å². The van der Waals surface area contributed by atoms with Crippen LogP contribution >= 0.6 is 0 Å². The van der Waals surface area contributed by atoms with Gasteiger partial charge < -0.3 is 40.5 Å². The molecule has 2 rings (SSSR count). The Hall–Kier alpha value is -5.02. The van der Waals surface area contributed by atoms with E-state index in [0.717, 1.165) is 24.6 Å². The molecule has 6 unspecified atom stereocenters. The Labute approximate surface area is 356 Å². The Bertz CT molecular complexity index is 1610. The van der Waals surface area contributed by atoms with Crippen LogP contribution in [0.4, 0.5) is 0 Å². The molecule has 3 amide bonds. The van der Waals surface area contributed by atoms with E-state index in [1.165, 1.54) is 24.1 Å². The second-order valence-electron chi connectivity index (χ2n) is 15.0. The molecule has 1 aromatic rings. The number of carbonyl (C=O) groups is 6. The predicted molar refractivity (Wildman–Crippen MR) is 234 cm³/mol. The summed E-state index contributed by atoms with van der Waals surface area (Å²) in [6, 6.07) is 7.16. The number of ether oxygens (including phenoxy) is 1. The van der Waals surface area contributed by atoms with E-state index in [2.05, 4.69) is 28.0 Å². The summed E-state index contributed by atoms with van der Waals surface area (Å²) >= 11 is 0. The van der Waals surface area contributed by atoms with Crippen molar-refractivity contribution >= 4 is 36.3 Å². The van der Waals surface area contributed by atoms with E-state index in [-0.39, 0.29) is 36.5 Å². The normalized spacial score (nSPS) is 18.1. The maximum absolute atomic E-state index is 14.0. The van der Waals surface area contributed by atoms with E-state index in [0.29, 0.717) is 37.9 Å². The second-order valence-corrected chi connectivity index (χ2v) is 15.0. The van der Waals surface area contributed by atoms with Crippen molar-refractivity contribution in [2.75, 3.05) is 20.1 Å². The van der Waals surface area contributed by atoms with E-state index in [1.54, 1.807) is 57.4 Å². The van der Waals surface area contributed by atoms with Gasteiger partial charge in [0.1, 0.15) is 30.8 Å². The first-order chi connectivity index (χ1) is 28.7. The number of amides is 3. The molecule has 0 bridgehead atoms. The van der Waals surface area contributed by atoms with Crippen molar-refractivity contribution in [1.29, 1.82) is 0 Å². The first-order valence-corrected chi connectivity index (χ1v) is 20.8. The van der Waals surface area contributed by atoms with E-state index >= 15 is 0 Å². The average molecular weight is 836 g/mol. The van der Waals surface area contributed by atoms with Gasteiger partial charge in [-0.3, -0.25) is 24.2 Å². The van der Waals surface area contributed by atoms with Gasteiger partial charge in [-0.1, -0.05) is 107 Å². The van der Waals surface area contributed by atoms with Gasteiger partial charge in [-0.05, 0) is 57.2 Å². The Kier molecular flexibility index (Phi) is 26.6. The zero-order valence-corrected chi connectivity index (χ0v) is 36.4. The number of hydrogen-bond donors (Lipinski definition) is 6. The number of carbonyl (C=O) groups excluding carboxylic acids is 6. The molecule has 6 N–H and O–H groups in total. The zero-order valence-electron chi connectivity index (χ0n) is 36.4. The number of likely N-dealkylation sites (N-methyl/N-ethyl adjacent to an activating group) is 1. The molecule has 0 saturated carbocycles. The third kappa shape index (κ3) is 19.4. The number of aliphatic hydroxyl groups excluding tert-OH is 2. The monoisotopic (exact) mass is 836 g/mol. The molecule has 60 heavy (non-hydrogen) atoms. The molecule has 1 heterocycles. The standard InChI is InChI=1S/C44H65N5O8.C2H4O/c1-8-18-34(29-50)41(53)32(6)37(51)23-14-11-15-24-38(31(5)19-16-25-39(52)46-26-9-2)57-44(56)35-22-17-27-49(48-35)43(55)36(28-33-20-12-10-13-21-33)47-42(54)40(45-7)30(3)4;1-2-3/h9-16,19-21,23,25,29-30,32,34-38,40-41,45,48,51,53H,2,8,17-18,22,24,26-28H2,1,3-7H3,(H,46,52)(H,47,54);2H,1H3/b15-11+,23-14+,25-16+,31-19+;/t32?,34?,35?,36?,37-,38-,40?,41?;/m0./s1. The Balaban J connectivity index is 0.00000581. The van der Waals surface area contributed by atoms with E-state index in [1.807, 2.05) is 51.1 Å². The second kappa shape index (κ2) is 30.1. The van der Waals surface area contributed by atoms with Crippen LogP contribution in [0, 0.1) is 17.8 Å². The Morgan fingerprint density at radius 2 is 1.75 bits per heavy atom. The van der Waals surface area contributed by atoms with Crippen molar-refractivity contribution in [1.82, 2.24) is 26.4 Å². The van der Waals surface area contributed by atoms with Gasteiger partial charge in [-0.25, -0.2) is 5.43 Å². The van der Waals surface area contributed by atoms with Crippen LogP contribution in [-0.4, -0.2) is 108 Å². The summed E-state index contributed by atoms with van der Waals surface area (Å²) in [5, 5.41) is 31.3. The summed E-state index contributed by atoms with van der Waals surface area (Å²) in [4.78, 5) is 73.4. The molecular weight excluding hydrogens is 767 g/mol. The topological polar surface area (TPSA) is 203 Å². The highest BCUT2D eigenvalue weighted by Gasteiger charge is 2.35. The molecule has 0 radical (unpaired) electrons. The smallest absolute Gasteiger partial charge is 0.325 e. The minimum atomic E-state index is -1.000. The highest BCUT2D eigenvalue weighted by molar-refractivity contribution is 5.90. The number of nitrogens with one attached hydrogen (secondary N) is 4.